The maximum absolute atomic E-state index is 10.9. The smallest absolute Gasteiger partial charge is 0.216 e. The van der Waals surface area contributed by atoms with Crippen LogP contribution in [-0.2, 0) is 10.2 Å². The van der Waals surface area contributed by atoms with Gasteiger partial charge in [-0.25, -0.2) is 0 Å². The van der Waals surface area contributed by atoms with Gasteiger partial charge < -0.3 is 16.0 Å². The van der Waals surface area contributed by atoms with Crippen LogP contribution in [-0.4, -0.2) is 38.0 Å². The summed E-state index contributed by atoms with van der Waals surface area (Å²) in [6.07, 6.45) is 4.89. The molecule has 1 saturated carbocycles. The Morgan fingerprint density at radius 3 is 2.36 bits per heavy atom. The molecule has 0 unspecified atom stereocenters. The third-order valence-electron chi connectivity index (χ3n) is 4.69. The number of nitrogens with zero attached hydrogens (tertiary/aromatic N) is 1. The van der Waals surface area contributed by atoms with Crippen molar-refractivity contribution in [3.8, 4) is 0 Å². The number of carbonyl (C=O) groups excluding carboxylic acids is 1. The van der Waals surface area contributed by atoms with Gasteiger partial charge in [-0.3, -0.25) is 9.79 Å². The van der Waals surface area contributed by atoms with E-state index in [0.29, 0.717) is 13.1 Å². The second-order valence-corrected chi connectivity index (χ2v) is 7.51. The summed E-state index contributed by atoms with van der Waals surface area (Å²) in [6, 6.07) is 8.69. The Hall–Kier alpha value is -1.56. The quantitative estimate of drug-likeness (QED) is 0.369. The summed E-state index contributed by atoms with van der Waals surface area (Å²) in [5, 5.41) is 9.38. The Labute approximate surface area is 159 Å². The maximum atomic E-state index is 10.9. The third kappa shape index (κ3) is 6.03. The fraction of sp³-hybridized carbons (Fsp3) is 0.579. The summed E-state index contributed by atoms with van der Waals surface area (Å²) in [5.74, 6) is 0.806. The first kappa shape index (κ1) is 19.8. The molecule has 1 amide bonds. The fourth-order valence-corrected chi connectivity index (χ4v) is 3.65. The molecule has 0 radical (unpaired) electrons. The Bertz CT molecular complexity index is 580. The third-order valence-corrected chi connectivity index (χ3v) is 5.22. The molecule has 0 heterocycles. The Balaban J connectivity index is 2.04. The van der Waals surface area contributed by atoms with E-state index in [9.17, 15) is 4.79 Å². The second kappa shape index (κ2) is 9.80. The number of hydrogen-bond acceptors (Lipinski definition) is 2. The Kier molecular flexibility index (Phi) is 7.75. The minimum atomic E-state index is -0.0103. The molecule has 138 valence electrons. The van der Waals surface area contributed by atoms with Gasteiger partial charge in [-0.15, -0.1) is 0 Å². The van der Waals surface area contributed by atoms with Crippen molar-refractivity contribution < 1.29 is 4.79 Å². The zero-order valence-electron chi connectivity index (χ0n) is 15.2. The lowest BCUT2D eigenvalue weighted by Gasteiger charge is -2.28. The van der Waals surface area contributed by atoms with E-state index in [0.717, 1.165) is 23.5 Å². The van der Waals surface area contributed by atoms with E-state index in [1.165, 1.54) is 38.2 Å². The van der Waals surface area contributed by atoms with Crippen molar-refractivity contribution in [1.29, 1.82) is 0 Å². The predicted molar refractivity (Wildman–Crippen MR) is 107 cm³/mol. The highest BCUT2D eigenvalue weighted by Crippen LogP contribution is 2.41. The van der Waals surface area contributed by atoms with Gasteiger partial charge >= 0.3 is 0 Å². The molecule has 0 spiro atoms. The lowest BCUT2D eigenvalue weighted by Crippen LogP contribution is -2.42. The number of rotatable bonds is 7. The first-order valence-corrected chi connectivity index (χ1v) is 9.88. The molecule has 25 heavy (non-hydrogen) atoms. The highest BCUT2D eigenvalue weighted by molar-refractivity contribution is 9.10. The molecule has 0 aliphatic heterocycles. The minimum Gasteiger partial charge on any atom is -0.357 e. The zero-order valence-corrected chi connectivity index (χ0v) is 16.8. The van der Waals surface area contributed by atoms with Gasteiger partial charge in [0.25, 0.3) is 0 Å². The van der Waals surface area contributed by atoms with Gasteiger partial charge in [0, 0.05) is 36.4 Å². The highest BCUT2D eigenvalue weighted by Gasteiger charge is 2.35. The summed E-state index contributed by atoms with van der Waals surface area (Å²) < 4.78 is 1.11. The van der Waals surface area contributed by atoms with Crippen LogP contribution >= 0.6 is 15.9 Å². The van der Waals surface area contributed by atoms with E-state index in [-0.39, 0.29) is 11.3 Å². The fourth-order valence-electron chi connectivity index (χ4n) is 3.38. The van der Waals surface area contributed by atoms with Gasteiger partial charge in [0.1, 0.15) is 0 Å². The lowest BCUT2D eigenvalue weighted by molar-refractivity contribution is -0.118. The van der Waals surface area contributed by atoms with Gasteiger partial charge in [-0.05, 0) is 37.5 Å². The van der Waals surface area contributed by atoms with E-state index in [1.807, 2.05) is 0 Å². The Morgan fingerprint density at radius 2 is 1.76 bits per heavy atom. The summed E-state index contributed by atoms with van der Waals surface area (Å²) >= 11 is 3.52. The molecular weight excluding hydrogens is 380 g/mol. The molecule has 3 N–H and O–H groups in total. The van der Waals surface area contributed by atoms with Gasteiger partial charge in [0.05, 0.1) is 6.54 Å². The zero-order chi connectivity index (χ0) is 18.1. The van der Waals surface area contributed by atoms with Crippen LogP contribution in [0.1, 0.15) is 45.1 Å². The number of nitrogens with one attached hydrogen (secondary N) is 3. The first-order valence-electron chi connectivity index (χ1n) is 9.08. The monoisotopic (exact) mass is 408 g/mol. The van der Waals surface area contributed by atoms with Crippen LogP contribution in [0.15, 0.2) is 33.7 Å². The summed E-state index contributed by atoms with van der Waals surface area (Å²) in [7, 11) is 0. The van der Waals surface area contributed by atoms with Gasteiger partial charge in [0.15, 0.2) is 5.96 Å². The molecule has 0 atom stereocenters. The number of aliphatic imine (C=N–C) groups is 1. The van der Waals surface area contributed by atoms with Crippen molar-refractivity contribution >= 4 is 27.8 Å². The number of amides is 1. The molecule has 0 saturated heterocycles. The van der Waals surface area contributed by atoms with Crippen molar-refractivity contribution in [3.63, 3.8) is 0 Å². The van der Waals surface area contributed by atoms with Gasteiger partial charge in [-0.1, -0.05) is 40.9 Å². The lowest BCUT2D eigenvalue weighted by atomic mass is 9.79. The van der Waals surface area contributed by atoms with Crippen LogP contribution in [0.2, 0.25) is 0 Å². The van der Waals surface area contributed by atoms with Crippen molar-refractivity contribution in [3.05, 3.63) is 34.3 Å². The number of guanidine groups is 1. The van der Waals surface area contributed by atoms with Crippen LogP contribution < -0.4 is 16.0 Å². The number of benzene rings is 1. The molecular formula is C19H29BrN4O. The molecule has 1 aromatic rings. The largest absolute Gasteiger partial charge is 0.357 e. The highest BCUT2D eigenvalue weighted by atomic mass is 79.9. The van der Waals surface area contributed by atoms with Crippen LogP contribution in [0.4, 0.5) is 0 Å². The topological polar surface area (TPSA) is 65.5 Å². The van der Waals surface area contributed by atoms with Crippen molar-refractivity contribution in [2.45, 2.75) is 44.9 Å². The molecule has 1 fully saturated rings. The number of carbonyl (C=O) groups is 1. The molecule has 1 aromatic carbocycles. The Morgan fingerprint density at radius 1 is 1.12 bits per heavy atom. The maximum Gasteiger partial charge on any atom is 0.216 e. The van der Waals surface area contributed by atoms with E-state index in [4.69, 9.17) is 4.99 Å². The van der Waals surface area contributed by atoms with Crippen molar-refractivity contribution in [2.75, 3.05) is 26.2 Å². The average Bonchev–Trinajstić information content (AvgIpc) is 3.07. The van der Waals surface area contributed by atoms with Crippen LogP contribution in [0, 0.1) is 0 Å². The van der Waals surface area contributed by atoms with E-state index in [1.54, 1.807) is 0 Å². The summed E-state index contributed by atoms with van der Waals surface area (Å²) in [4.78, 5) is 15.8. The molecule has 1 aliphatic rings. The standard InChI is InChI=1S/C19H29BrN4O/c1-3-21-18(23-13-12-22-15(2)25)24-14-19(10-4-5-11-19)16-6-8-17(20)9-7-16/h6-9H,3-5,10-14H2,1-2H3,(H,22,25)(H2,21,23,24). The van der Waals surface area contributed by atoms with Gasteiger partial charge in [0.2, 0.25) is 5.91 Å². The molecule has 6 heteroatoms. The molecule has 1 aliphatic carbocycles. The number of halogens is 1. The average molecular weight is 409 g/mol. The molecule has 5 nitrogen and oxygen atoms in total. The summed E-state index contributed by atoms with van der Waals surface area (Å²) in [5.41, 5.74) is 1.52. The van der Waals surface area contributed by atoms with Crippen LogP contribution in [0.25, 0.3) is 0 Å². The molecule has 0 bridgehead atoms. The van der Waals surface area contributed by atoms with E-state index in [2.05, 4.69) is 63.1 Å². The van der Waals surface area contributed by atoms with E-state index < -0.39 is 0 Å². The summed E-state index contributed by atoms with van der Waals surface area (Å²) in [6.45, 7) is 6.45. The predicted octanol–water partition coefficient (Wildman–Crippen LogP) is 2.95. The number of hydrogen-bond donors (Lipinski definition) is 3. The molecule has 0 aromatic heterocycles. The first-order chi connectivity index (χ1) is 12.1. The van der Waals surface area contributed by atoms with Crippen molar-refractivity contribution in [1.82, 2.24) is 16.0 Å². The molecule has 2 rings (SSSR count). The van der Waals surface area contributed by atoms with E-state index >= 15 is 0 Å². The minimum absolute atomic E-state index is 0.0103. The van der Waals surface area contributed by atoms with Crippen LogP contribution in [0.5, 0.6) is 0 Å². The van der Waals surface area contributed by atoms with Crippen molar-refractivity contribution in [2.24, 2.45) is 4.99 Å². The second-order valence-electron chi connectivity index (χ2n) is 6.60. The SMILES string of the molecule is CCNC(=NCC1(c2ccc(Br)cc2)CCCC1)NCCNC(C)=O. The van der Waals surface area contributed by atoms with Gasteiger partial charge in [-0.2, -0.15) is 0 Å². The van der Waals surface area contributed by atoms with Crippen LogP contribution in [0.3, 0.4) is 0 Å². The normalized spacial score (nSPS) is 16.5.